The number of aromatic nitrogens is 2. The van der Waals surface area contributed by atoms with Gasteiger partial charge in [0.25, 0.3) is 0 Å². The van der Waals surface area contributed by atoms with Gasteiger partial charge in [-0.3, -0.25) is 9.48 Å². The van der Waals surface area contributed by atoms with Crippen LogP contribution in [0, 0.1) is 26.2 Å². The molecule has 7 nitrogen and oxygen atoms in total. The molecular formula is C28H37BIN3O4S. The number of halogens is 1. The number of nitrogens with zero attached hydrogens (tertiary/aromatic N) is 2. The molecule has 0 saturated carbocycles. The van der Waals surface area contributed by atoms with Crippen LogP contribution in [-0.2, 0) is 22.6 Å². The molecule has 0 fully saturated rings. The summed E-state index contributed by atoms with van der Waals surface area (Å²) in [5.41, 5.74) is 3.31. The van der Waals surface area contributed by atoms with E-state index < -0.39 is 31.9 Å². The van der Waals surface area contributed by atoms with Crippen LogP contribution in [0.4, 0.5) is 0 Å². The minimum Gasteiger partial charge on any atom is -0.588 e. The van der Waals surface area contributed by atoms with E-state index in [1.165, 1.54) is 0 Å². The van der Waals surface area contributed by atoms with Crippen LogP contribution in [0.3, 0.4) is 0 Å². The van der Waals surface area contributed by atoms with Crippen molar-refractivity contribution in [1.29, 1.82) is 0 Å². The Hall–Kier alpha value is -1.86. The Morgan fingerprint density at radius 1 is 1.08 bits per heavy atom. The second kappa shape index (κ2) is 11.7. The van der Waals surface area contributed by atoms with Gasteiger partial charge in [0, 0.05) is 5.56 Å². The molecule has 1 amide bonds. The highest BCUT2D eigenvalue weighted by Crippen LogP contribution is 2.44. The van der Waals surface area contributed by atoms with Gasteiger partial charge >= 0.3 is 13.4 Å². The first-order valence-electron chi connectivity index (χ1n) is 12.5. The van der Waals surface area contributed by atoms with Gasteiger partial charge in [-0.05, 0) is 91.4 Å². The van der Waals surface area contributed by atoms with Gasteiger partial charge < -0.3 is 14.3 Å². The minimum absolute atomic E-state index is 0.0899. The smallest absolute Gasteiger partial charge is 0.332 e. The highest BCUT2D eigenvalue weighted by atomic mass is 127. The SMILES string of the molecule is Cc1ccccc1[S+]([O-])NC(=O)c1cc(BOC(C)(I)C(C)(O)C(C)(C)C)nn1Cc1c(C)cccc1C. The quantitative estimate of drug-likeness (QED) is 0.156. The summed E-state index contributed by atoms with van der Waals surface area (Å²) in [4.78, 5) is 13.9. The van der Waals surface area contributed by atoms with Crippen molar-refractivity contribution in [2.75, 3.05) is 0 Å². The van der Waals surface area contributed by atoms with E-state index in [9.17, 15) is 14.5 Å². The predicted octanol–water partition coefficient (Wildman–Crippen LogP) is 4.25. The Balaban J connectivity index is 1.92. The van der Waals surface area contributed by atoms with Gasteiger partial charge in [-0.1, -0.05) is 57.2 Å². The van der Waals surface area contributed by atoms with Crippen LogP contribution in [0.5, 0.6) is 0 Å². The molecule has 0 radical (unpaired) electrons. The van der Waals surface area contributed by atoms with Gasteiger partial charge in [0.1, 0.15) is 26.3 Å². The molecule has 38 heavy (non-hydrogen) atoms. The van der Waals surface area contributed by atoms with Crippen molar-refractivity contribution in [2.45, 2.75) is 76.0 Å². The summed E-state index contributed by atoms with van der Waals surface area (Å²) in [5, 5.41) is 15.9. The lowest BCUT2D eigenvalue weighted by Crippen LogP contribution is -2.56. The van der Waals surface area contributed by atoms with Gasteiger partial charge in [0.05, 0.1) is 12.1 Å². The summed E-state index contributed by atoms with van der Waals surface area (Å²) in [6.45, 7) is 15.8. The third-order valence-corrected chi connectivity index (χ3v) is 9.91. The van der Waals surface area contributed by atoms with E-state index in [1.54, 1.807) is 29.8 Å². The molecule has 1 aromatic heterocycles. The molecule has 2 aromatic carbocycles. The van der Waals surface area contributed by atoms with Crippen molar-refractivity contribution in [2.24, 2.45) is 5.41 Å². The first kappa shape index (κ1) is 30.7. The van der Waals surface area contributed by atoms with E-state index >= 15 is 0 Å². The number of carbonyl (C=O) groups excluding carboxylic acids is 1. The maximum Gasteiger partial charge on any atom is 0.332 e. The first-order chi connectivity index (χ1) is 17.5. The first-order valence-corrected chi connectivity index (χ1v) is 14.7. The molecule has 1 heterocycles. The molecule has 0 aliphatic rings. The zero-order valence-electron chi connectivity index (χ0n) is 23.4. The Morgan fingerprint density at radius 2 is 1.66 bits per heavy atom. The number of carbonyl (C=O) groups is 1. The topological polar surface area (TPSA) is 99.4 Å². The highest BCUT2D eigenvalue weighted by molar-refractivity contribution is 14.1. The summed E-state index contributed by atoms with van der Waals surface area (Å²) >= 11 is 0.400. The lowest BCUT2D eigenvalue weighted by Gasteiger charge is -2.47. The maximum absolute atomic E-state index is 13.4. The summed E-state index contributed by atoms with van der Waals surface area (Å²) in [7, 11) is 0.0899. The van der Waals surface area contributed by atoms with Crippen LogP contribution in [0.2, 0.25) is 0 Å². The van der Waals surface area contributed by atoms with Crippen molar-refractivity contribution in [1.82, 2.24) is 14.5 Å². The molecule has 0 spiro atoms. The van der Waals surface area contributed by atoms with Crippen LogP contribution < -0.4 is 10.3 Å². The molecule has 3 rings (SSSR count). The number of benzene rings is 2. The van der Waals surface area contributed by atoms with E-state index in [-0.39, 0.29) is 13.2 Å². The Labute approximate surface area is 243 Å². The normalized spacial score (nSPS) is 15.9. The Morgan fingerprint density at radius 3 is 2.24 bits per heavy atom. The number of aliphatic hydroxyl groups is 1. The summed E-state index contributed by atoms with van der Waals surface area (Å²) in [6.07, 6.45) is 0. The van der Waals surface area contributed by atoms with Crippen molar-refractivity contribution in [3.8, 4) is 0 Å². The van der Waals surface area contributed by atoms with Gasteiger partial charge in [0.15, 0.2) is 4.90 Å². The zero-order valence-corrected chi connectivity index (χ0v) is 26.4. The van der Waals surface area contributed by atoms with Crippen LogP contribution in [0.15, 0.2) is 53.4 Å². The monoisotopic (exact) mass is 649 g/mol. The predicted molar refractivity (Wildman–Crippen MR) is 163 cm³/mol. The van der Waals surface area contributed by atoms with Crippen LogP contribution in [-0.4, -0.2) is 42.0 Å². The summed E-state index contributed by atoms with van der Waals surface area (Å²) < 4.78 is 22.5. The van der Waals surface area contributed by atoms with Gasteiger partial charge in [-0.25, -0.2) is 0 Å². The molecule has 10 heteroatoms. The standard InChI is InChI=1S/C28H37BIN3O4S/c1-18-13-11-14-19(2)21(18)17-33-22(25(34)32-38(36)23-15-10-9-12-20(23)3)16-24(31-33)29-37-28(8,30)27(7,35)26(4,5)6/h9-16,29,35H,17H2,1-8H3,(H,32,34). The summed E-state index contributed by atoms with van der Waals surface area (Å²) in [6, 6.07) is 15.0. The number of nitrogens with one attached hydrogen (secondary N) is 1. The van der Waals surface area contributed by atoms with Crippen LogP contribution in [0.25, 0.3) is 0 Å². The second-order valence-electron chi connectivity index (χ2n) is 11.0. The average Bonchev–Trinajstić information content (AvgIpc) is 3.22. The van der Waals surface area contributed by atoms with E-state index in [4.69, 9.17) is 9.75 Å². The molecule has 0 saturated heterocycles. The van der Waals surface area contributed by atoms with Crippen molar-refractivity contribution in [3.63, 3.8) is 0 Å². The number of rotatable bonds is 9. The van der Waals surface area contributed by atoms with Gasteiger partial charge in [-0.2, -0.15) is 9.82 Å². The number of aryl methyl sites for hydroxylation is 3. The van der Waals surface area contributed by atoms with Crippen LogP contribution >= 0.6 is 22.6 Å². The number of hydrogen-bond donors (Lipinski definition) is 2. The lowest BCUT2D eigenvalue weighted by molar-refractivity contribution is -0.119. The largest absolute Gasteiger partial charge is 0.588 e. The van der Waals surface area contributed by atoms with Gasteiger partial charge in [-0.15, -0.1) is 0 Å². The number of alkyl halides is 1. The molecule has 3 aromatic rings. The average molecular weight is 649 g/mol. The molecule has 3 unspecified atom stereocenters. The molecule has 3 atom stereocenters. The fourth-order valence-electron chi connectivity index (χ4n) is 4.07. The molecule has 2 N–H and O–H groups in total. The van der Waals surface area contributed by atoms with E-state index in [2.05, 4.69) is 27.3 Å². The van der Waals surface area contributed by atoms with Gasteiger partial charge in [0.2, 0.25) is 0 Å². The molecular weight excluding hydrogens is 612 g/mol. The molecule has 0 bridgehead atoms. The minimum atomic E-state index is -1.73. The maximum atomic E-state index is 13.4. The fraction of sp³-hybridized carbons (Fsp3) is 0.429. The molecule has 204 valence electrons. The van der Waals surface area contributed by atoms with E-state index in [0.717, 1.165) is 22.3 Å². The zero-order chi connectivity index (χ0) is 28.5. The lowest BCUT2D eigenvalue weighted by atomic mass is 9.74. The Kier molecular flexibility index (Phi) is 9.46. The van der Waals surface area contributed by atoms with Crippen LogP contribution in [0.1, 0.15) is 67.4 Å². The second-order valence-corrected chi connectivity index (χ2v) is 14.3. The third-order valence-electron chi connectivity index (χ3n) is 7.32. The number of hydrogen-bond acceptors (Lipinski definition) is 5. The van der Waals surface area contributed by atoms with E-state index in [0.29, 0.717) is 17.0 Å². The molecule has 0 aliphatic heterocycles. The number of amides is 1. The molecule has 0 aliphatic carbocycles. The third kappa shape index (κ3) is 6.64. The Bertz CT molecular complexity index is 1280. The highest BCUT2D eigenvalue weighted by Gasteiger charge is 2.50. The van der Waals surface area contributed by atoms with E-state index in [1.807, 2.05) is 78.8 Å². The van der Waals surface area contributed by atoms with Crippen molar-refractivity contribution in [3.05, 3.63) is 76.5 Å². The van der Waals surface area contributed by atoms with Crippen molar-refractivity contribution >= 4 is 52.9 Å². The van der Waals surface area contributed by atoms with Crippen molar-refractivity contribution < 1.29 is 19.1 Å². The summed E-state index contributed by atoms with van der Waals surface area (Å²) in [5.74, 6) is -0.490. The fourth-order valence-corrected chi connectivity index (χ4v) is 5.98.